The van der Waals surface area contributed by atoms with E-state index in [0.717, 1.165) is 31.1 Å². The van der Waals surface area contributed by atoms with E-state index >= 15 is 0 Å². The Morgan fingerprint density at radius 2 is 1.31 bits per heavy atom. The molecular formula is C34H60N2. The van der Waals surface area contributed by atoms with Crippen molar-refractivity contribution < 1.29 is 0 Å². The molecule has 0 aromatic carbocycles. The van der Waals surface area contributed by atoms with Crippen LogP contribution in [0.3, 0.4) is 0 Å². The minimum Gasteiger partial charge on any atom is -0.364 e. The van der Waals surface area contributed by atoms with Gasteiger partial charge in [0.05, 0.1) is 6.67 Å². The molecule has 2 fully saturated rings. The second-order valence-electron chi connectivity index (χ2n) is 11.7. The van der Waals surface area contributed by atoms with Gasteiger partial charge in [0.1, 0.15) is 0 Å². The van der Waals surface area contributed by atoms with E-state index in [1.54, 1.807) is 5.57 Å². The molecule has 0 N–H and O–H groups in total. The van der Waals surface area contributed by atoms with Gasteiger partial charge in [0.25, 0.3) is 0 Å². The molecule has 2 rings (SSSR count). The van der Waals surface area contributed by atoms with Crippen LogP contribution >= 0.6 is 0 Å². The summed E-state index contributed by atoms with van der Waals surface area (Å²) >= 11 is 0. The maximum absolute atomic E-state index is 4.13. The molecule has 2 aliphatic rings. The fourth-order valence-electron chi connectivity index (χ4n) is 6.04. The third kappa shape index (κ3) is 15.1. The summed E-state index contributed by atoms with van der Waals surface area (Å²) in [5.74, 6) is 0.934. The van der Waals surface area contributed by atoms with Crippen molar-refractivity contribution in [2.45, 2.75) is 135 Å². The van der Waals surface area contributed by atoms with E-state index in [2.05, 4.69) is 35.6 Å². The molecule has 1 heterocycles. The standard InChI is InChI=1S/C34H60N2/c1-4-32(3)25-26-34(30-33-22-19-15-16-20-23-33)24-18-14-12-10-8-6-7-9-11-13-17-21-27-36-29-28-35(5-2)31-36/h4-5,26,33H,1-3,6-25,27-31H2. The first-order valence-electron chi connectivity index (χ1n) is 15.8. The minimum atomic E-state index is 0.934. The molecule has 1 aliphatic carbocycles. The quantitative estimate of drug-likeness (QED) is 0.0675. The van der Waals surface area contributed by atoms with Gasteiger partial charge in [-0.15, -0.1) is 0 Å². The van der Waals surface area contributed by atoms with Crippen LogP contribution in [0.25, 0.3) is 0 Å². The van der Waals surface area contributed by atoms with E-state index in [1.807, 2.05) is 12.3 Å². The Hall–Kier alpha value is -1.28. The maximum atomic E-state index is 4.13. The van der Waals surface area contributed by atoms with Gasteiger partial charge in [0.2, 0.25) is 0 Å². The lowest BCUT2D eigenvalue weighted by Gasteiger charge is -2.17. The van der Waals surface area contributed by atoms with Crippen LogP contribution < -0.4 is 0 Å². The van der Waals surface area contributed by atoms with Crippen LogP contribution in [-0.2, 0) is 0 Å². The van der Waals surface area contributed by atoms with Crippen LogP contribution in [0, 0.1) is 5.92 Å². The van der Waals surface area contributed by atoms with Crippen LogP contribution in [0.4, 0.5) is 0 Å². The highest BCUT2D eigenvalue weighted by Crippen LogP contribution is 2.30. The Balaban J connectivity index is 1.42. The zero-order valence-electron chi connectivity index (χ0n) is 24.0. The molecular weight excluding hydrogens is 436 g/mol. The number of nitrogens with zero attached hydrogens (tertiary/aromatic N) is 2. The molecule has 0 unspecified atom stereocenters. The van der Waals surface area contributed by atoms with Gasteiger partial charge in [-0.25, -0.2) is 0 Å². The molecule has 2 nitrogen and oxygen atoms in total. The Labute approximate surface area is 226 Å². The molecule has 36 heavy (non-hydrogen) atoms. The average molecular weight is 497 g/mol. The van der Waals surface area contributed by atoms with E-state index in [4.69, 9.17) is 0 Å². The normalized spacial score (nSPS) is 17.9. The first kappa shape index (κ1) is 30.9. The molecule has 0 aromatic rings. The highest BCUT2D eigenvalue weighted by Gasteiger charge is 2.16. The van der Waals surface area contributed by atoms with Crippen LogP contribution in [0.15, 0.2) is 49.2 Å². The SMILES string of the molecule is C=CC(=C)CC=C(CCCCCCCCCCCCCCN1CCN(C=C)C1)CC1CCCCCC1. The predicted molar refractivity (Wildman–Crippen MR) is 161 cm³/mol. The number of allylic oxidation sites excluding steroid dienone is 4. The summed E-state index contributed by atoms with van der Waals surface area (Å²) in [6, 6.07) is 0. The van der Waals surface area contributed by atoms with E-state index in [0.29, 0.717) is 0 Å². The molecule has 0 aromatic heterocycles. The van der Waals surface area contributed by atoms with Gasteiger partial charge >= 0.3 is 0 Å². The van der Waals surface area contributed by atoms with Crippen molar-refractivity contribution in [1.29, 1.82) is 0 Å². The largest absolute Gasteiger partial charge is 0.364 e. The van der Waals surface area contributed by atoms with Crippen molar-refractivity contribution in [2.24, 2.45) is 5.92 Å². The average Bonchev–Trinajstić information content (AvgIpc) is 3.21. The lowest BCUT2D eigenvalue weighted by Crippen LogP contribution is -2.23. The number of unbranched alkanes of at least 4 members (excludes halogenated alkanes) is 11. The summed E-state index contributed by atoms with van der Waals surface area (Å²) in [5.41, 5.74) is 2.87. The van der Waals surface area contributed by atoms with E-state index in [1.165, 1.54) is 142 Å². The zero-order valence-corrected chi connectivity index (χ0v) is 24.0. The summed E-state index contributed by atoms with van der Waals surface area (Å²) in [6.45, 7) is 16.6. The molecule has 0 amide bonds. The second-order valence-corrected chi connectivity index (χ2v) is 11.7. The number of rotatable bonds is 21. The number of hydrogen-bond acceptors (Lipinski definition) is 2. The van der Waals surface area contributed by atoms with Gasteiger partial charge in [0, 0.05) is 13.1 Å². The lowest BCUT2D eigenvalue weighted by atomic mass is 9.89. The maximum Gasteiger partial charge on any atom is 0.0702 e. The first-order chi connectivity index (χ1) is 17.7. The van der Waals surface area contributed by atoms with Crippen molar-refractivity contribution >= 4 is 0 Å². The molecule has 1 saturated heterocycles. The lowest BCUT2D eigenvalue weighted by molar-refractivity contribution is 0.282. The summed E-state index contributed by atoms with van der Waals surface area (Å²) in [6.07, 6.45) is 35.8. The molecule has 0 radical (unpaired) electrons. The van der Waals surface area contributed by atoms with Gasteiger partial charge in [-0.3, -0.25) is 4.90 Å². The molecule has 1 saturated carbocycles. The smallest absolute Gasteiger partial charge is 0.0702 e. The third-order valence-corrected chi connectivity index (χ3v) is 8.53. The highest BCUT2D eigenvalue weighted by molar-refractivity contribution is 5.17. The van der Waals surface area contributed by atoms with Gasteiger partial charge < -0.3 is 4.90 Å². The van der Waals surface area contributed by atoms with Gasteiger partial charge in [-0.1, -0.05) is 146 Å². The van der Waals surface area contributed by atoms with E-state index in [9.17, 15) is 0 Å². The second kappa shape index (κ2) is 20.7. The summed E-state index contributed by atoms with van der Waals surface area (Å²) < 4.78 is 0. The van der Waals surface area contributed by atoms with Gasteiger partial charge in [0.15, 0.2) is 0 Å². The van der Waals surface area contributed by atoms with Crippen molar-refractivity contribution in [2.75, 3.05) is 26.3 Å². The Bertz CT molecular complexity index is 611. The predicted octanol–water partition coefficient (Wildman–Crippen LogP) is 10.2. The third-order valence-electron chi connectivity index (χ3n) is 8.53. The summed E-state index contributed by atoms with van der Waals surface area (Å²) in [5, 5.41) is 0. The number of hydrogen-bond donors (Lipinski definition) is 0. The Morgan fingerprint density at radius 3 is 1.86 bits per heavy atom. The summed E-state index contributed by atoms with van der Waals surface area (Å²) in [7, 11) is 0. The van der Waals surface area contributed by atoms with Crippen molar-refractivity contribution in [3.05, 3.63) is 49.2 Å². The Kier molecular flexibility index (Phi) is 17.8. The molecule has 0 spiro atoms. The molecule has 1 aliphatic heterocycles. The van der Waals surface area contributed by atoms with Crippen LogP contribution in [-0.4, -0.2) is 36.1 Å². The van der Waals surface area contributed by atoms with Crippen molar-refractivity contribution in [1.82, 2.24) is 9.80 Å². The van der Waals surface area contributed by atoms with E-state index < -0.39 is 0 Å². The fourth-order valence-corrected chi connectivity index (χ4v) is 6.04. The van der Waals surface area contributed by atoms with E-state index in [-0.39, 0.29) is 0 Å². The molecule has 2 heteroatoms. The van der Waals surface area contributed by atoms with Crippen LogP contribution in [0.1, 0.15) is 135 Å². The van der Waals surface area contributed by atoms with Gasteiger partial charge in [-0.2, -0.15) is 0 Å². The monoisotopic (exact) mass is 496 g/mol. The van der Waals surface area contributed by atoms with Gasteiger partial charge in [-0.05, 0) is 50.8 Å². The van der Waals surface area contributed by atoms with Crippen molar-refractivity contribution in [3.63, 3.8) is 0 Å². The topological polar surface area (TPSA) is 6.48 Å². The molecule has 0 atom stereocenters. The summed E-state index contributed by atoms with van der Waals surface area (Å²) in [4.78, 5) is 4.88. The molecule has 0 bridgehead atoms. The Morgan fingerprint density at radius 1 is 0.722 bits per heavy atom. The first-order valence-corrected chi connectivity index (χ1v) is 15.8. The minimum absolute atomic E-state index is 0.934. The highest BCUT2D eigenvalue weighted by atomic mass is 15.4. The van der Waals surface area contributed by atoms with Crippen molar-refractivity contribution in [3.8, 4) is 0 Å². The zero-order chi connectivity index (χ0) is 25.7. The fraction of sp³-hybridized carbons (Fsp3) is 0.765. The molecule has 206 valence electrons. The van der Waals surface area contributed by atoms with Crippen LogP contribution in [0.5, 0.6) is 0 Å². The van der Waals surface area contributed by atoms with Crippen LogP contribution in [0.2, 0.25) is 0 Å².